The van der Waals surface area contributed by atoms with Crippen molar-refractivity contribution in [3.05, 3.63) is 59.6 Å². The Labute approximate surface area is 133 Å². The van der Waals surface area contributed by atoms with Crippen LogP contribution in [0.5, 0.6) is 0 Å². The molecule has 1 aromatic carbocycles. The SMILES string of the molecule is C[C@@H]1C=C(c2ccc3nnccc3c2)c2cnc(N)nc2CN1. The normalized spacial score (nSPS) is 17.4. The molecule has 1 atom stereocenters. The van der Waals surface area contributed by atoms with Gasteiger partial charge in [-0.2, -0.15) is 10.2 Å². The molecule has 2 aromatic heterocycles. The maximum atomic E-state index is 5.74. The van der Waals surface area contributed by atoms with Gasteiger partial charge in [0, 0.05) is 29.7 Å². The molecule has 6 nitrogen and oxygen atoms in total. The fourth-order valence-electron chi connectivity index (χ4n) is 2.86. The van der Waals surface area contributed by atoms with Crippen molar-refractivity contribution in [2.45, 2.75) is 19.5 Å². The van der Waals surface area contributed by atoms with Crippen molar-refractivity contribution < 1.29 is 0 Å². The Kier molecular flexibility index (Phi) is 3.24. The van der Waals surface area contributed by atoms with Crippen molar-refractivity contribution in [3.63, 3.8) is 0 Å². The summed E-state index contributed by atoms with van der Waals surface area (Å²) in [6.07, 6.45) is 5.70. The lowest BCUT2D eigenvalue weighted by molar-refractivity contribution is 0.629. The molecule has 6 heteroatoms. The highest BCUT2D eigenvalue weighted by atomic mass is 15.1. The zero-order valence-corrected chi connectivity index (χ0v) is 12.7. The fraction of sp³-hybridized carbons (Fsp3) is 0.176. The molecule has 0 spiro atoms. The lowest BCUT2D eigenvalue weighted by atomic mass is 9.96. The molecule has 3 aromatic rings. The second kappa shape index (κ2) is 5.40. The van der Waals surface area contributed by atoms with Crippen LogP contribution in [-0.4, -0.2) is 26.2 Å². The van der Waals surface area contributed by atoms with Crippen LogP contribution >= 0.6 is 0 Å². The molecule has 1 aliphatic heterocycles. The summed E-state index contributed by atoms with van der Waals surface area (Å²) in [6.45, 7) is 2.79. The van der Waals surface area contributed by atoms with E-state index in [1.54, 1.807) is 12.4 Å². The zero-order chi connectivity index (χ0) is 15.8. The lowest BCUT2D eigenvalue weighted by Crippen LogP contribution is -2.22. The van der Waals surface area contributed by atoms with Gasteiger partial charge in [-0.25, -0.2) is 9.97 Å². The molecule has 0 aliphatic carbocycles. The van der Waals surface area contributed by atoms with E-state index in [0.717, 1.165) is 33.3 Å². The predicted molar refractivity (Wildman–Crippen MR) is 89.4 cm³/mol. The van der Waals surface area contributed by atoms with Gasteiger partial charge in [-0.1, -0.05) is 12.1 Å². The molecule has 3 N–H and O–H groups in total. The first-order chi connectivity index (χ1) is 11.2. The quantitative estimate of drug-likeness (QED) is 0.714. The van der Waals surface area contributed by atoms with E-state index in [1.807, 2.05) is 12.1 Å². The molecular weight excluding hydrogens is 288 g/mol. The number of hydrogen-bond donors (Lipinski definition) is 2. The van der Waals surface area contributed by atoms with E-state index in [-0.39, 0.29) is 6.04 Å². The van der Waals surface area contributed by atoms with Crippen LogP contribution in [0.2, 0.25) is 0 Å². The van der Waals surface area contributed by atoms with E-state index < -0.39 is 0 Å². The minimum Gasteiger partial charge on any atom is -0.368 e. The molecule has 0 saturated heterocycles. The van der Waals surface area contributed by atoms with Gasteiger partial charge in [-0.3, -0.25) is 0 Å². The van der Waals surface area contributed by atoms with Crippen LogP contribution in [0, 0.1) is 0 Å². The van der Waals surface area contributed by atoms with Gasteiger partial charge in [0.2, 0.25) is 5.95 Å². The molecule has 0 saturated carbocycles. The minimum atomic E-state index is 0.228. The van der Waals surface area contributed by atoms with Gasteiger partial charge in [0.05, 0.1) is 17.4 Å². The Hall–Kier alpha value is -2.86. The van der Waals surface area contributed by atoms with Gasteiger partial charge in [-0.05, 0) is 36.3 Å². The first-order valence-corrected chi connectivity index (χ1v) is 7.49. The third-order valence-corrected chi connectivity index (χ3v) is 4.01. The van der Waals surface area contributed by atoms with E-state index >= 15 is 0 Å². The summed E-state index contributed by atoms with van der Waals surface area (Å²) >= 11 is 0. The van der Waals surface area contributed by atoms with Gasteiger partial charge in [-0.15, -0.1) is 0 Å². The first kappa shape index (κ1) is 13.8. The zero-order valence-electron chi connectivity index (χ0n) is 12.7. The molecule has 0 fully saturated rings. The number of nitrogens with one attached hydrogen (secondary N) is 1. The Morgan fingerprint density at radius 2 is 2.17 bits per heavy atom. The third-order valence-electron chi connectivity index (χ3n) is 4.01. The van der Waals surface area contributed by atoms with Gasteiger partial charge in [0.1, 0.15) is 0 Å². The van der Waals surface area contributed by atoms with Crippen molar-refractivity contribution in [2.75, 3.05) is 5.73 Å². The van der Waals surface area contributed by atoms with E-state index in [0.29, 0.717) is 12.5 Å². The molecule has 3 heterocycles. The summed E-state index contributed by atoms with van der Waals surface area (Å²) in [7, 11) is 0. The molecular formula is C17H16N6. The molecule has 0 bridgehead atoms. The van der Waals surface area contributed by atoms with E-state index in [1.165, 1.54) is 0 Å². The van der Waals surface area contributed by atoms with Crippen LogP contribution < -0.4 is 11.1 Å². The number of nitrogens with zero attached hydrogens (tertiary/aromatic N) is 4. The highest BCUT2D eigenvalue weighted by Crippen LogP contribution is 2.29. The number of nitrogen functional groups attached to an aromatic ring is 1. The van der Waals surface area contributed by atoms with Crippen molar-refractivity contribution in [1.82, 2.24) is 25.5 Å². The molecule has 1 aliphatic rings. The van der Waals surface area contributed by atoms with Crippen molar-refractivity contribution in [1.29, 1.82) is 0 Å². The predicted octanol–water partition coefficient (Wildman–Crippen LogP) is 1.93. The third kappa shape index (κ3) is 2.53. The summed E-state index contributed by atoms with van der Waals surface area (Å²) < 4.78 is 0. The van der Waals surface area contributed by atoms with Crippen molar-refractivity contribution in [3.8, 4) is 0 Å². The largest absolute Gasteiger partial charge is 0.368 e. The minimum absolute atomic E-state index is 0.228. The molecule has 114 valence electrons. The number of rotatable bonds is 1. The van der Waals surface area contributed by atoms with E-state index in [9.17, 15) is 0 Å². The van der Waals surface area contributed by atoms with Crippen LogP contribution in [0.15, 0.2) is 42.7 Å². The van der Waals surface area contributed by atoms with Gasteiger partial charge >= 0.3 is 0 Å². The smallest absolute Gasteiger partial charge is 0.220 e. The number of fused-ring (bicyclic) bond motifs is 2. The topological polar surface area (TPSA) is 89.6 Å². The summed E-state index contributed by atoms with van der Waals surface area (Å²) in [5, 5.41) is 12.5. The fourth-order valence-corrected chi connectivity index (χ4v) is 2.86. The summed E-state index contributed by atoms with van der Waals surface area (Å²) in [5.74, 6) is 0.299. The maximum absolute atomic E-state index is 5.74. The summed E-state index contributed by atoms with van der Waals surface area (Å²) in [4.78, 5) is 8.56. The highest BCUT2D eigenvalue weighted by molar-refractivity contribution is 5.88. The number of hydrogen-bond acceptors (Lipinski definition) is 6. The second-order valence-corrected chi connectivity index (χ2v) is 5.64. The van der Waals surface area contributed by atoms with Crippen molar-refractivity contribution >= 4 is 22.4 Å². The molecule has 0 amide bonds. The van der Waals surface area contributed by atoms with Crippen LogP contribution in [0.1, 0.15) is 23.7 Å². The van der Waals surface area contributed by atoms with E-state index in [2.05, 4.69) is 50.6 Å². The number of aromatic nitrogens is 4. The lowest BCUT2D eigenvalue weighted by Gasteiger charge is -2.11. The highest BCUT2D eigenvalue weighted by Gasteiger charge is 2.18. The van der Waals surface area contributed by atoms with Crippen LogP contribution in [0.25, 0.3) is 16.5 Å². The standard InChI is InChI=1S/C17H16N6/c1-10-6-13(14-8-20-17(18)22-16(14)9-19-10)11-2-3-15-12(7-11)4-5-21-23-15/h2-8,10,19H,9H2,1H3,(H2,18,20,22)/t10-/m1/s1. The van der Waals surface area contributed by atoms with Crippen LogP contribution in [0.4, 0.5) is 5.95 Å². The molecule has 4 rings (SSSR count). The van der Waals surface area contributed by atoms with Crippen molar-refractivity contribution in [2.24, 2.45) is 0 Å². The Balaban J connectivity index is 1.91. The second-order valence-electron chi connectivity index (χ2n) is 5.64. The van der Waals surface area contributed by atoms with E-state index in [4.69, 9.17) is 5.73 Å². The average Bonchev–Trinajstić information content (AvgIpc) is 2.73. The van der Waals surface area contributed by atoms with Gasteiger partial charge in [0.25, 0.3) is 0 Å². The number of nitrogens with two attached hydrogens (primary N) is 1. The number of anilines is 1. The summed E-state index contributed by atoms with van der Waals surface area (Å²) in [5.41, 5.74) is 10.8. The Morgan fingerprint density at radius 1 is 1.26 bits per heavy atom. The van der Waals surface area contributed by atoms with Crippen LogP contribution in [-0.2, 0) is 6.54 Å². The average molecular weight is 304 g/mol. The summed E-state index contributed by atoms with van der Waals surface area (Å²) in [6, 6.07) is 8.35. The number of benzene rings is 1. The molecule has 0 radical (unpaired) electrons. The molecule has 0 unspecified atom stereocenters. The Bertz CT molecular complexity index is 918. The van der Waals surface area contributed by atoms with Crippen LogP contribution in [0.3, 0.4) is 0 Å². The maximum Gasteiger partial charge on any atom is 0.220 e. The van der Waals surface area contributed by atoms with Gasteiger partial charge < -0.3 is 11.1 Å². The Morgan fingerprint density at radius 3 is 3.09 bits per heavy atom. The van der Waals surface area contributed by atoms with Gasteiger partial charge in [0.15, 0.2) is 0 Å². The monoisotopic (exact) mass is 304 g/mol. The first-order valence-electron chi connectivity index (χ1n) is 7.49. The molecule has 23 heavy (non-hydrogen) atoms.